The smallest absolute Gasteiger partial charge is 0.237 e. The Kier molecular flexibility index (Phi) is 7.69. The highest BCUT2D eigenvalue weighted by Crippen LogP contribution is 2.36. The second kappa shape index (κ2) is 9.85. The third kappa shape index (κ3) is 5.00. The van der Waals surface area contributed by atoms with E-state index in [0.29, 0.717) is 13.1 Å². The van der Waals surface area contributed by atoms with Crippen LogP contribution in [-0.2, 0) is 16.4 Å². The van der Waals surface area contributed by atoms with Gasteiger partial charge in [-0.2, -0.15) is 0 Å². The molecule has 2 heterocycles. The maximum atomic E-state index is 12.9. The molecule has 2 unspecified atom stereocenters. The van der Waals surface area contributed by atoms with Gasteiger partial charge in [-0.05, 0) is 49.7 Å². The van der Waals surface area contributed by atoms with E-state index in [9.17, 15) is 8.42 Å². The van der Waals surface area contributed by atoms with Crippen molar-refractivity contribution in [3.63, 3.8) is 0 Å². The highest BCUT2D eigenvalue weighted by molar-refractivity contribution is 14.0. The molecule has 0 spiro atoms. The van der Waals surface area contributed by atoms with E-state index < -0.39 is 10.0 Å². The fourth-order valence-corrected chi connectivity index (χ4v) is 6.37. The maximum absolute atomic E-state index is 12.9. The van der Waals surface area contributed by atoms with Gasteiger partial charge in [-0.3, -0.25) is 9.30 Å². The number of benzene rings is 1. The van der Waals surface area contributed by atoms with Crippen LogP contribution >= 0.6 is 24.0 Å². The molecular weight excluding hydrogens is 499 g/mol. The summed E-state index contributed by atoms with van der Waals surface area (Å²) < 4.78 is 27.3. The Hall–Kier alpha value is -1.03. The van der Waals surface area contributed by atoms with Crippen molar-refractivity contribution in [3.05, 3.63) is 29.8 Å². The number of rotatable bonds is 5. The number of sulfonamides is 1. The van der Waals surface area contributed by atoms with E-state index in [2.05, 4.69) is 17.1 Å². The lowest BCUT2D eigenvalue weighted by Crippen LogP contribution is -2.41. The Bertz CT molecular complexity index is 816. The monoisotopic (exact) mass is 532 g/mol. The standard InChI is InChI=1S/C21H32N4O2S.HI/c1-2-22-21(24-15-18-8-3-4-9-19(18)16-24)23-12-14-28(26,27)25-13-11-17-7-5-6-10-20(17)25;/h5-7,10,18-19H,2-4,8-9,11-16H2,1H3,(H,22,23);1H. The van der Waals surface area contributed by atoms with Crippen molar-refractivity contribution in [2.24, 2.45) is 16.8 Å². The van der Waals surface area contributed by atoms with E-state index in [1.165, 1.54) is 25.7 Å². The van der Waals surface area contributed by atoms with Crippen LogP contribution in [0.2, 0.25) is 0 Å². The van der Waals surface area contributed by atoms with Crippen molar-refractivity contribution >= 4 is 45.6 Å². The van der Waals surface area contributed by atoms with Crippen LogP contribution in [0.25, 0.3) is 0 Å². The van der Waals surface area contributed by atoms with Crippen molar-refractivity contribution < 1.29 is 8.42 Å². The number of hydrogen-bond acceptors (Lipinski definition) is 3. The van der Waals surface area contributed by atoms with Crippen LogP contribution in [0.3, 0.4) is 0 Å². The molecule has 4 rings (SSSR count). The number of fused-ring (bicyclic) bond motifs is 2. The van der Waals surface area contributed by atoms with Gasteiger partial charge >= 0.3 is 0 Å². The number of aliphatic imine (C=N–C) groups is 1. The molecule has 1 aromatic carbocycles. The zero-order valence-electron chi connectivity index (χ0n) is 17.2. The predicted molar refractivity (Wildman–Crippen MR) is 130 cm³/mol. The average molecular weight is 532 g/mol. The minimum absolute atomic E-state index is 0. The first-order chi connectivity index (χ1) is 13.6. The van der Waals surface area contributed by atoms with Crippen molar-refractivity contribution in [1.82, 2.24) is 10.2 Å². The molecule has 29 heavy (non-hydrogen) atoms. The van der Waals surface area contributed by atoms with Crippen LogP contribution in [0.4, 0.5) is 5.69 Å². The summed E-state index contributed by atoms with van der Waals surface area (Å²) >= 11 is 0. The fraction of sp³-hybridized carbons (Fsp3) is 0.667. The summed E-state index contributed by atoms with van der Waals surface area (Å²) in [5.41, 5.74) is 1.95. The molecule has 1 saturated heterocycles. The van der Waals surface area contributed by atoms with Gasteiger partial charge in [0.1, 0.15) is 0 Å². The van der Waals surface area contributed by atoms with E-state index in [1.807, 2.05) is 24.3 Å². The molecule has 1 aliphatic carbocycles. The molecule has 2 atom stereocenters. The van der Waals surface area contributed by atoms with Gasteiger partial charge in [0, 0.05) is 26.2 Å². The van der Waals surface area contributed by atoms with E-state index in [0.717, 1.165) is 55.1 Å². The Balaban J connectivity index is 0.00000240. The number of halogens is 1. The molecule has 162 valence electrons. The molecule has 2 aliphatic heterocycles. The predicted octanol–water partition coefficient (Wildman–Crippen LogP) is 3.08. The van der Waals surface area contributed by atoms with Gasteiger partial charge in [0.15, 0.2) is 5.96 Å². The van der Waals surface area contributed by atoms with E-state index in [1.54, 1.807) is 4.31 Å². The van der Waals surface area contributed by atoms with Gasteiger partial charge < -0.3 is 10.2 Å². The lowest BCUT2D eigenvalue weighted by molar-refractivity contribution is 0.299. The van der Waals surface area contributed by atoms with Crippen LogP contribution in [0.5, 0.6) is 0 Å². The van der Waals surface area contributed by atoms with Crippen LogP contribution < -0.4 is 9.62 Å². The lowest BCUT2D eigenvalue weighted by atomic mass is 9.82. The number of nitrogens with zero attached hydrogens (tertiary/aromatic N) is 3. The largest absolute Gasteiger partial charge is 0.357 e. The Morgan fingerprint density at radius 1 is 1.17 bits per heavy atom. The van der Waals surface area contributed by atoms with Gasteiger partial charge in [0.05, 0.1) is 18.0 Å². The number of nitrogens with one attached hydrogen (secondary N) is 1. The summed E-state index contributed by atoms with van der Waals surface area (Å²) in [5.74, 6) is 2.50. The first kappa shape index (κ1) is 22.7. The summed E-state index contributed by atoms with van der Waals surface area (Å²) in [6.45, 7) is 5.83. The van der Waals surface area contributed by atoms with Gasteiger partial charge in [0.2, 0.25) is 10.0 Å². The summed E-state index contributed by atoms with van der Waals surface area (Å²) in [6, 6.07) is 7.79. The zero-order valence-corrected chi connectivity index (χ0v) is 20.4. The molecule has 2 fully saturated rings. The number of hydrogen-bond donors (Lipinski definition) is 1. The first-order valence-electron chi connectivity index (χ1n) is 10.7. The van der Waals surface area contributed by atoms with Crippen LogP contribution in [-0.4, -0.2) is 57.8 Å². The molecule has 8 heteroatoms. The molecule has 3 aliphatic rings. The Morgan fingerprint density at radius 3 is 2.55 bits per heavy atom. The van der Waals surface area contributed by atoms with E-state index in [4.69, 9.17) is 4.99 Å². The summed E-state index contributed by atoms with van der Waals surface area (Å²) in [6.07, 6.45) is 6.13. The number of likely N-dealkylation sites (tertiary alicyclic amines) is 1. The average Bonchev–Trinajstić information content (AvgIpc) is 3.31. The second-order valence-corrected chi connectivity index (χ2v) is 10.2. The zero-order chi connectivity index (χ0) is 19.6. The Labute approximate surface area is 192 Å². The van der Waals surface area contributed by atoms with Gasteiger partial charge in [-0.25, -0.2) is 8.42 Å². The van der Waals surface area contributed by atoms with Crippen molar-refractivity contribution in [2.75, 3.05) is 42.8 Å². The quantitative estimate of drug-likeness (QED) is 0.360. The van der Waals surface area contributed by atoms with Gasteiger partial charge in [-0.1, -0.05) is 31.0 Å². The van der Waals surface area contributed by atoms with Crippen LogP contribution in [0, 0.1) is 11.8 Å². The SMILES string of the molecule is CCNC(=NCCS(=O)(=O)N1CCc2ccccc21)N1CC2CCCCC2C1.I. The molecule has 0 bridgehead atoms. The number of guanidine groups is 1. The number of anilines is 1. The lowest BCUT2D eigenvalue weighted by Gasteiger charge is -2.22. The van der Waals surface area contributed by atoms with Gasteiger partial charge in [-0.15, -0.1) is 24.0 Å². The molecule has 6 nitrogen and oxygen atoms in total. The highest BCUT2D eigenvalue weighted by atomic mass is 127. The maximum Gasteiger partial charge on any atom is 0.237 e. The second-order valence-electron chi connectivity index (χ2n) is 8.21. The number of para-hydroxylation sites is 1. The molecule has 1 saturated carbocycles. The van der Waals surface area contributed by atoms with E-state index in [-0.39, 0.29) is 29.7 Å². The highest BCUT2D eigenvalue weighted by Gasteiger charge is 2.35. The summed E-state index contributed by atoms with van der Waals surface area (Å²) in [5, 5.41) is 3.37. The minimum Gasteiger partial charge on any atom is -0.357 e. The molecule has 0 radical (unpaired) electrons. The third-order valence-corrected chi connectivity index (χ3v) is 8.15. The van der Waals surface area contributed by atoms with Crippen molar-refractivity contribution in [1.29, 1.82) is 0 Å². The van der Waals surface area contributed by atoms with Crippen LogP contribution in [0.15, 0.2) is 29.3 Å². The van der Waals surface area contributed by atoms with E-state index >= 15 is 0 Å². The molecule has 1 N–H and O–H groups in total. The van der Waals surface area contributed by atoms with Crippen LogP contribution in [0.1, 0.15) is 38.2 Å². The molecule has 1 aromatic rings. The first-order valence-corrected chi connectivity index (χ1v) is 12.3. The topological polar surface area (TPSA) is 65.0 Å². The van der Waals surface area contributed by atoms with Gasteiger partial charge in [0.25, 0.3) is 0 Å². The summed E-state index contributed by atoms with van der Waals surface area (Å²) in [4.78, 5) is 7.04. The molecule has 0 amide bonds. The van der Waals surface area contributed by atoms with Crippen molar-refractivity contribution in [3.8, 4) is 0 Å². The Morgan fingerprint density at radius 2 is 1.86 bits per heavy atom. The normalized spacial score (nSPS) is 24.1. The minimum atomic E-state index is -3.35. The third-order valence-electron chi connectivity index (χ3n) is 6.40. The summed E-state index contributed by atoms with van der Waals surface area (Å²) in [7, 11) is -3.35. The molecule has 0 aromatic heterocycles. The fourth-order valence-electron chi connectivity index (χ4n) is 4.98. The molecular formula is C21H33IN4O2S. The van der Waals surface area contributed by atoms with Crippen molar-refractivity contribution in [2.45, 2.75) is 39.0 Å².